The van der Waals surface area contributed by atoms with Gasteiger partial charge >= 0.3 is 0 Å². The SMILES string of the molecule is CCCCNC(=O)c1c(N)n(CCCN2CCOCC2)c2nc3ccccc3nc12. The molecule has 0 unspecified atom stereocenters. The third-order valence-electron chi connectivity index (χ3n) is 5.59. The van der Waals surface area contributed by atoms with Crippen LogP contribution in [0, 0.1) is 0 Å². The highest BCUT2D eigenvalue weighted by Crippen LogP contribution is 2.28. The molecule has 0 radical (unpaired) electrons. The second-order valence-corrected chi connectivity index (χ2v) is 7.71. The first kappa shape index (κ1) is 20.6. The zero-order valence-electron chi connectivity index (χ0n) is 17.6. The molecule has 0 spiro atoms. The smallest absolute Gasteiger partial charge is 0.257 e. The number of hydrogen-bond acceptors (Lipinski definition) is 6. The molecular formula is C22H30N6O2. The van der Waals surface area contributed by atoms with E-state index in [1.807, 2.05) is 28.8 Å². The van der Waals surface area contributed by atoms with E-state index in [1.54, 1.807) is 0 Å². The highest BCUT2D eigenvalue weighted by molar-refractivity contribution is 6.10. The van der Waals surface area contributed by atoms with Crippen molar-refractivity contribution in [1.29, 1.82) is 0 Å². The van der Waals surface area contributed by atoms with Crippen LogP contribution < -0.4 is 11.1 Å². The number of carbonyl (C=O) groups is 1. The molecule has 3 N–H and O–H groups in total. The fraction of sp³-hybridized carbons (Fsp3) is 0.500. The number of unbranched alkanes of at least 4 members (excludes halogenated alkanes) is 1. The first-order valence-electron chi connectivity index (χ1n) is 10.8. The highest BCUT2D eigenvalue weighted by Gasteiger charge is 2.23. The van der Waals surface area contributed by atoms with Crippen molar-refractivity contribution in [3.8, 4) is 0 Å². The average molecular weight is 411 g/mol. The largest absolute Gasteiger partial charge is 0.384 e. The van der Waals surface area contributed by atoms with Gasteiger partial charge in [0.15, 0.2) is 5.65 Å². The van der Waals surface area contributed by atoms with Gasteiger partial charge in [-0.25, -0.2) is 9.97 Å². The summed E-state index contributed by atoms with van der Waals surface area (Å²) < 4.78 is 7.37. The fourth-order valence-corrected chi connectivity index (χ4v) is 3.91. The number of benzene rings is 1. The Labute approximate surface area is 176 Å². The minimum Gasteiger partial charge on any atom is -0.384 e. The average Bonchev–Trinajstić information content (AvgIpc) is 3.03. The molecular weight excluding hydrogens is 380 g/mol. The van der Waals surface area contributed by atoms with Crippen LogP contribution in [0.2, 0.25) is 0 Å². The number of amides is 1. The third-order valence-corrected chi connectivity index (χ3v) is 5.59. The predicted molar refractivity (Wildman–Crippen MR) is 119 cm³/mol. The molecule has 1 amide bonds. The fourth-order valence-electron chi connectivity index (χ4n) is 3.91. The number of carbonyl (C=O) groups excluding carboxylic acids is 1. The molecule has 4 rings (SSSR count). The Kier molecular flexibility index (Phi) is 6.44. The predicted octanol–water partition coefficient (Wildman–Crippen LogP) is 2.42. The summed E-state index contributed by atoms with van der Waals surface area (Å²) >= 11 is 0. The Morgan fingerprint density at radius 3 is 2.60 bits per heavy atom. The van der Waals surface area contributed by atoms with Crippen molar-refractivity contribution >= 4 is 33.9 Å². The summed E-state index contributed by atoms with van der Waals surface area (Å²) in [5.41, 5.74) is 9.74. The standard InChI is InChI=1S/C22H30N6O2/c1-2-3-9-24-22(29)18-19-21(26-17-8-5-4-7-16(17)25-19)28(20(18)23)11-6-10-27-12-14-30-15-13-27/h4-5,7-8H,2-3,6,9-15,23H2,1H3,(H,24,29). The van der Waals surface area contributed by atoms with E-state index in [9.17, 15) is 4.79 Å². The number of nitrogens with zero attached hydrogens (tertiary/aromatic N) is 4. The summed E-state index contributed by atoms with van der Waals surface area (Å²) in [7, 11) is 0. The van der Waals surface area contributed by atoms with Crippen LogP contribution in [-0.4, -0.2) is 64.7 Å². The van der Waals surface area contributed by atoms with E-state index >= 15 is 0 Å². The minimum absolute atomic E-state index is 0.178. The number of rotatable bonds is 8. The van der Waals surface area contributed by atoms with Crippen molar-refractivity contribution in [3.63, 3.8) is 0 Å². The molecule has 1 aliphatic heterocycles. The number of anilines is 1. The van der Waals surface area contributed by atoms with E-state index in [2.05, 4.69) is 17.1 Å². The Hall–Kier alpha value is -2.71. The lowest BCUT2D eigenvalue weighted by atomic mass is 10.2. The van der Waals surface area contributed by atoms with Crippen molar-refractivity contribution in [2.75, 3.05) is 45.1 Å². The zero-order valence-corrected chi connectivity index (χ0v) is 17.6. The lowest BCUT2D eigenvalue weighted by molar-refractivity contribution is 0.0370. The number of nitrogens with one attached hydrogen (secondary N) is 1. The van der Waals surface area contributed by atoms with E-state index in [0.29, 0.717) is 35.6 Å². The summed E-state index contributed by atoms with van der Waals surface area (Å²) in [5, 5.41) is 2.98. The second kappa shape index (κ2) is 9.40. The van der Waals surface area contributed by atoms with Gasteiger partial charge in [-0.2, -0.15) is 0 Å². The summed E-state index contributed by atoms with van der Waals surface area (Å²) in [6, 6.07) is 7.71. The number of nitrogens with two attached hydrogens (primary N) is 1. The van der Waals surface area contributed by atoms with Crippen molar-refractivity contribution in [3.05, 3.63) is 29.8 Å². The van der Waals surface area contributed by atoms with Gasteiger partial charge in [-0.3, -0.25) is 9.69 Å². The molecule has 2 aromatic heterocycles. The first-order chi connectivity index (χ1) is 14.7. The van der Waals surface area contributed by atoms with Crippen LogP contribution in [0.1, 0.15) is 36.5 Å². The Bertz CT molecular complexity index is 1030. The van der Waals surface area contributed by atoms with Gasteiger partial charge in [-0.15, -0.1) is 0 Å². The molecule has 1 fully saturated rings. The normalized spacial score (nSPS) is 15.1. The van der Waals surface area contributed by atoms with E-state index < -0.39 is 0 Å². The molecule has 8 nitrogen and oxygen atoms in total. The van der Waals surface area contributed by atoms with Gasteiger partial charge < -0.3 is 20.4 Å². The number of aryl methyl sites for hydroxylation is 1. The third kappa shape index (κ3) is 4.24. The molecule has 160 valence electrons. The summed E-state index contributed by atoms with van der Waals surface area (Å²) in [6.45, 7) is 7.85. The Morgan fingerprint density at radius 1 is 1.13 bits per heavy atom. The summed E-state index contributed by atoms with van der Waals surface area (Å²) in [6.07, 6.45) is 2.86. The van der Waals surface area contributed by atoms with Gasteiger partial charge in [0, 0.05) is 32.7 Å². The van der Waals surface area contributed by atoms with Crippen molar-refractivity contribution in [2.45, 2.75) is 32.7 Å². The van der Waals surface area contributed by atoms with Gasteiger partial charge in [0.2, 0.25) is 0 Å². The molecule has 1 aliphatic rings. The second-order valence-electron chi connectivity index (χ2n) is 7.71. The Balaban J connectivity index is 1.65. The van der Waals surface area contributed by atoms with Crippen LogP contribution in [0.4, 0.5) is 5.82 Å². The number of hydrogen-bond donors (Lipinski definition) is 2. The van der Waals surface area contributed by atoms with Gasteiger partial charge in [-0.1, -0.05) is 25.5 Å². The van der Waals surface area contributed by atoms with Crippen LogP contribution in [0.3, 0.4) is 0 Å². The Morgan fingerprint density at radius 2 is 1.87 bits per heavy atom. The van der Waals surface area contributed by atoms with Crippen LogP contribution in [0.25, 0.3) is 22.2 Å². The van der Waals surface area contributed by atoms with Crippen molar-refractivity contribution in [2.24, 2.45) is 0 Å². The lowest BCUT2D eigenvalue weighted by Crippen LogP contribution is -2.37. The summed E-state index contributed by atoms with van der Waals surface area (Å²) in [4.78, 5) is 24.9. The monoisotopic (exact) mass is 410 g/mol. The lowest BCUT2D eigenvalue weighted by Gasteiger charge is -2.26. The molecule has 0 bridgehead atoms. The molecule has 1 aromatic carbocycles. The number of aromatic nitrogens is 3. The zero-order chi connectivity index (χ0) is 20.9. The maximum Gasteiger partial charge on any atom is 0.257 e. The molecule has 30 heavy (non-hydrogen) atoms. The van der Waals surface area contributed by atoms with Gasteiger partial charge in [0.25, 0.3) is 5.91 Å². The van der Waals surface area contributed by atoms with E-state index in [-0.39, 0.29) is 5.91 Å². The highest BCUT2D eigenvalue weighted by atomic mass is 16.5. The number of ether oxygens (including phenoxy) is 1. The molecule has 0 saturated carbocycles. The van der Waals surface area contributed by atoms with E-state index in [4.69, 9.17) is 20.4 Å². The number of para-hydroxylation sites is 2. The minimum atomic E-state index is -0.178. The number of fused-ring (bicyclic) bond motifs is 2. The molecule has 3 aromatic rings. The molecule has 3 heterocycles. The van der Waals surface area contributed by atoms with E-state index in [1.165, 1.54) is 0 Å². The number of nitrogen functional groups attached to an aromatic ring is 1. The maximum absolute atomic E-state index is 12.9. The van der Waals surface area contributed by atoms with Crippen LogP contribution in [-0.2, 0) is 11.3 Å². The summed E-state index contributed by atoms with van der Waals surface area (Å²) in [5.74, 6) is 0.263. The van der Waals surface area contributed by atoms with E-state index in [0.717, 1.165) is 63.1 Å². The molecule has 8 heteroatoms. The first-order valence-corrected chi connectivity index (χ1v) is 10.8. The van der Waals surface area contributed by atoms with Crippen LogP contribution >= 0.6 is 0 Å². The maximum atomic E-state index is 12.9. The van der Waals surface area contributed by atoms with Crippen molar-refractivity contribution in [1.82, 2.24) is 24.8 Å². The van der Waals surface area contributed by atoms with Gasteiger partial charge in [-0.05, 0) is 25.0 Å². The van der Waals surface area contributed by atoms with Crippen LogP contribution in [0.5, 0.6) is 0 Å². The van der Waals surface area contributed by atoms with Gasteiger partial charge in [0.05, 0.1) is 24.2 Å². The molecule has 1 saturated heterocycles. The molecule has 0 atom stereocenters. The topological polar surface area (TPSA) is 98.3 Å². The molecule has 0 aliphatic carbocycles. The van der Waals surface area contributed by atoms with Gasteiger partial charge in [0.1, 0.15) is 16.9 Å². The quantitative estimate of drug-likeness (QED) is 0.554. The number of morpholine rings is 1. The van der Waals surface area contributed by atoms with Crippen molar-refractivity contribution < 1.29 is 9.53 Å². The van der Waals surface area contributed by atoms with Crippen LogP contribution in [0.15, 0.2) is 24.3 Å².